The number of aryl methyl sites for hydroxylation is 3. The average Bonchev–Trinajstić information content (AvgIpc) is 2.66. The van der Waals surface area contributed by atoms with Crippen LogP contribution in [0.2, 0.25) is 0 Å². The molecule has 2 heterocycles. The average molecular weight is 261 g/mol. The van der Waals surface area contributed by atoms with Gasteiger partial charge in [-0.1, -0.05) is 6.07 Å². The molecular weight excluding hydrogens is 246 g/mol. The van der Waals surface area contributed by atoms with Crippen molar-refractivity contribution in [3.05, 3.63) is 40.0 Å². The molecule has 0 unspecified atom stereocenters. The number of carbonyl (C=O) groups excluding carboxylic acids is 1. The second-order valence-corrected chi connectivity index (χ2v) is 5.29. The van der Waals surface area contributed by atoms with Gasteiger partial charge in [0.2, 0.25) is 5.91 Å². The Balaban J connectivity index is 1.87. The Morgan fingerprint density at radius 3 is 2.83 bits per heavy atom. The standard InChI is InChI=1S/C13H15N3OS/c1-9-11(18-10(2)15-9)6-7-13(17)16-12-5-3-4-8-14-12/h3-5,8H,6-7H2,1-2H3,(H,14,16,17). The van der Waals surface area contributed by atoms with Gasteiger partial charge in [-0.15, -0.1) is 11.3 Å². The van der Waals surface area contributed by atoms with Crippen LogP contribution in [0.1, 0.15) is 22.0 Å². The second-order valence-electron chi connectivity index (χ2n) is 4.00. The highest BCUT2D eigenvalue weighted by Crippen LogP contribution is 2.18. The van der Waals surface area contributed by atoms with E-state index in [9.17, 15) is 4.79 Å². The van der Waals surface area contributed by atoms with Crippen LogP contribution in [0.3, 0.4) is 0 Å². The van der Waals surface area contributed by atoms with E-state index in [1.165, 1.54) is 4.88 Å². The van der Waals surface area contributed by atoms with Crippen LogP contribution in [-0.2, 0) is 11.2 Å². The summed E-state index contributed by atoms with van der Waals surface area (Å²) in [6, 6.07) is 5.44. The third-order valence-electron chi connectivity index (χ3n) is 2.51. The van der Waals surface area contributed by atoms with E-state index in [4.69, 9.17) is 0 Å². The minimum absolute atomic E-state index is 0.0147. The summed E-state index contributed by atoms with van der Waals surface area (Å²) in [6.07, 6.45) is 2.85. The number of thiazole rings is 1. The molecule has 0 spiro atoms. The van der Waals surface area contributed by atoms with E-state index >= 15 is 0 Å². The fraction of sp³-hybridized carbons (Fsp3) is 0.308. The van der Waals surface area contributed by atoms with Crippen molar-refractivity contribution in [3.63, 3.8) is 0 Å². The first-order valence-corrected chi connectivity index (χ1v) is 6.60. The quantitative estimate of drug-likeness (QED) is 0.920. The highest BCUT2D eigenvalue weighted by Gasteiger charge is 2.08. The second kappa shape index (κ2) is 5.73. The largest absolute Gasteiger partial charge is 0.311 e. The van der Waals surface area contributed by atoms with Gasteiger partial charge in [0, 0.05) is 17.5 Å². The van der Waals surface area contributed by atoms with Gasteiger partial charge >= 0.3 is 0 Å². The number of nitrogens with one attached hydrogen (secondary N) is 1. The maximum Gasteiger partial charge on any atom is 0.225 e. The molecule has 0 aliphatic carbocycles. The van der Waals surface area contributed by atoms with Crippen molar-refractivity contribution in [1.29, 1.82) is 0 Å². The van der Waals surface area contributed by atoms with Gasteiger partial charge in [0.1, 0.15) is 5.82 Å². The Hall–Kier alpha value is -1.75. The van der Waals surface area contributed by atoms with Gasteiger partial charge in [-0.25, -0.2) is 9.97 Å². The van der Waals surface area contributed by atoms with E-state index in [0.717, 1.165) is 17.1 Å². The van der Waals surface area contributed by atoms with Gasteiger partial charge in [0.05, 0.1) is 10.7 Å². The summed E-state index contributed by atoms with van der Waals surface area (Å²) < 4.78 is 0. The third kappa shape index (κ3) is 3.37. The maximum absolute atomic E-state index is 11.7. The van der Waals surface area contributed by atoms with Crippen LogP contribution in [0.4, 0.5) is 5.82 Å². The number of pyridine rings is 1. The number of hydrogen-bond acceptors (Lipinski definition) is 4. The fourth-order valence-electron chi connectivity index (χ4n) is 1.67. The monoisotopic (exact) mass is 261 g/mol. The fourth-order valence-corrected chi connectivity index (χ4v) is 2.61. The van der Waals surface area contributed by atoms with E-state index in [-0.39, 0.29) is 5.91 Å². The number of nitrogens with zero attached hydrogens (tertiary/aromatic N) is 2. The van der Waals surface area contributed by atoms with Gasteiger partial charge in [-0.05, 0) is 32.4 Å². The normalized spacial score (nSPS) is 10.3. The summed E-state index contributed by atoms with van der Waals surface area (Å²) in [5, 5.41) is 3.82. The van der Waals surface area contributed by atoms with Crippen LogP contribution >= 0.6 is 11.3 Å². The molecule has 94 valence electrons. The molecule has 18 heavy (non-hydrogen) atoms. The molecule has 2 aromatic heterocycles. The molecule has 0 aromatic carbocycles. The Kier molecular flexibility index (Phi) is 4.04. The lowest BCUT2D eigenvalue weighted by atomic mass is 10.2. The third-order valence-corrected chi connectivity index (χ3v) is 3.64. The van der Waals surface area contributed by atoms with Crippen LogP contribution in [0.25, 0.3) is 0 Å². The summed E-state index contributed by atoms with van der Waals surface area (Å²) in [4.78, 5) is 21.3. The molecule has 0 aliphatic rings. The molecule has 0 atom stereocenters. The molecule has 2 rings (SSSR count). The molecule has 0 saturated heterocycles. The predicted octanol–water partition coefficient (Wildman–Crippen LogP) is 2.73. The minimum atomic E-state index is -0.0147. The van der Waals surface area contributed by atoms with Crippen molar-refractivity contribution < 1.29 is 4.79 Å². The highest BCUT2D eigenvalue weighted by molar-refractivity contribution is 7.11. The van der Waals surface area contributed by atoms with Gasteiger partial charge in [-0.2, -0.15) is 0 Å². The van der Waals surface area contributed by atoms with E-state index in [1.54, 1.807) is 23.6 Å². The molecule has 0 aliphatic heterocycles. The van der Waals surface area contributed by atoms with Gasteiger partial charge in [0.25, 0.3) is 0 Å². The van der Waals surface area contributed by atoms with Crippen molar-refractivity contribution in [1.82, 2.24) is 9.97 Å². The number of anilines is 1. The number of aromatic nitrogens is 2. The van der Waals surface area contributed by atoms with E-state index in [0.29, 0.717) is 12.2 Å². The van der Waals surface area contributed by atoms with Crippen LogP contribution in [-0.4, -0.2) is 15.9 Å². The number of carbonyl (C=O) groups is 1. The first-order chi connectivity index (χ1) is 8.65. The van der Waals surface area contributed by atoms with Crippen molar-refractivity contribution in [2.45, 2.75) is 26.7 Å². The van der Waals surface area contributed by atoms with Crippen molar-refractivity contribution in [3.8, 4) is 0 Å². The lowest BCUT2D eigenvalue weighted by Crippen LogP contribution is -2.13. The molecule has 0 fully saturated rings. The molecular formula is C13H15N3OS. The lowest BCUT2D eigenvalue weighted by molar-refractivity contribution is -0.116. The molecule has 0 bridgehead atoms. The number of amides is 1. The number of rotatable bonds is 4. The lowest BCUT2D eigenvalue weighted by Gasteiger charge is -2.03. The van der Waals surface area contributed by atoms with E-state index in [2.05, 4.69) is 15.3 Å². The Bertz CT molecular complexity index is 536. The zero-order valence-electron chi connectivity index (χ0n) is 10.4. The zero-order valence-corrected chi connectivity index (χ0v) is 11.3. The van der Waals surface area contributed by atoms with Crippen molar-refractivity contribution >= 4 is 23.1 Å². The Morgan fingerprint density at radius 2 is 2.22 bits per heavy atom. The minimum Gasteiger partial charge on any atom is -0.311 e. The molecule has 0 saturated carbocycles. The van der Waals surface area contributed by atoms with E-state index in [1.807, 2.05) is 26.0 Å². The first-order valence-electron chi connectivity index (χ1n) is 5.79. The highest BCUT2D eigenvalue weighted by atomic mass is 32.1. The topological polar surface area (TPSA) is 54.9 Å². The van der Waals surface area contributed by atoms with Crippen LogP contribution in [0.5, 0.6) is 0 Å². The Morgan fingerprint density at radius 1 is 1.39 bits per heavy atom. The number of hydrogen-bond donors (Lipinski definition) is 1. The summed E-state index contributed by atoms with van der Waals surface area (Å²) in [6.45, 7) is 3.96. The predicted molar refractivity (Wildman–Crippen MR) is 72.8 cm³/mol. The molecule has 4 nitrogen and oxygen atoms in total. The molecule has 2 aromatic rings. The summed E-state index contributed by atoms with van der Waals surface area (Å²) in [5.74, 6) is 0.582. The molecule has 5 heteroatoms. The molecule has 0 radical (unpaired) electrons. The maximum atomic E-state index is 11.7. The molecule has 1 N–H and O–H groups in total. The van der Waals surface area contributed by atoms with Crippen LogP contribution in [0.15, 0.2) is 24.4 Å². The molecule has 1 amide bonds. The van der Waals surface area contributed by atoms with Gasteiger partial charge in [-0.3, -0.25) is 4.79 Å². The smallest absolute Gasteiger partial charge is 0.225 e. The summed E-state index contributed by atoms with van der Waals surface area (Å²) in [7, 11) is 0. The SMILES string of the molecule is Cc1nc(C)c(CCC(=O)Nc2ccccn2)s1. The van der Waals surface area contributed by atoms with E-state index < -0.39 is 0 Å². The van der Waals surface area contributed by atoms with Crippen molar-refractivity contribution in [2.24, 2.45) is 0 Å². The first kappa shape index (κ1) is 12.7. The summed E-state index contributed by atoms with van der Waals surface area (Å²) in [5.41, 5.74) is 1.03. The van der Waals surface area contributed by atoms with Crippen molar-refractivity contribution in [2.75, 3.05) is 5.32 Å². The zero-order chi connectivity index (χ0) is 13.0. The van der Waals surface area contributed by atoms with Gasteiger partial charge in [0.15, 0.2) is 0 Å². The summed E-state index contributed by atoms with van der Waals surface area (Å²) >= 11 is 1.66. The Labute approximate surface area is 110 Å². The van der Waals surface area contributed by atoms with Gasteiger partial charge < -0.3 is 5.32 Å². The van der Waals surface area contributed by atoms with Crippen LogP contribution in [0, 0.1) is 13.8 Å². The van der Waals surface area contributed by atoms with Crippen LogP contribution < -0.4 is 5.32 Å².